The number of nitrogens with zero attached hydrogens (tertiary/aromatic N) is 3. The van der Waals surface area contributed by atoms with Crippen molar-refractivity contribution in [2.45, 2.75) is 19.0 Å². The van der Waals surface area contributed by atoms with Crippen molar-refractivity contribution in [1.82, 2.24) is 25.2 Å². The summed E-state index contributed by atoms with van der Waals surface area (Å²) in [6, 6.07) is 9.05. The molecule has 0 bridgehead atoms. The molecular formula is C25H23ClF2N6O3. The lowest BCUT2D eigenvalue weighted by Crippen LogP contribution is -2.47. The number of nitrogens with one attached hydrogen (secondary N) is 3. The summed E-state index contributed by atoms with van der Waals surface area (Å²) >= 11 is 5.97. The van der Waals surface area contributed by atoms with E-state index in [0.717, 1.165) is 5.69 Å². The molecule has 37 heavy (non-hydrogen) atoms. The number of aromatic nitrogens is 3. The number of hydrogen-bond acceptors (Lipinski definition) is 5. The topological polar surface area (TPSA) is 112 Å². The number of fused-ring (bicyclic) bond motifs is 1. The molecular weight excluding hydrogens is 506 g/mol. The summed E-state index contributed by atoms with van der Waals surface area (Å²) in [7, 11) is 1.55. The maximum Gasteiger partial charge on any atom is 0.412 e. The molecule has 3 N–H and O–H groups in total. The predicted octanol–water partition coefficient (Wildman–Crippen LogP) is 4.89. The number of amides is 3. The number of carbonyl (C=O) groups is 2. The van der Waals surface area contributed by atoms with Crippen molar-refractivity contribution in [2.75, 3.05) is 19.0 Å². The molecule has 4 rings (SSSR count). The third-order valence-electron chi connectivity index (χ3n) is 5.66. The Hall–Kier alpha value is -4.25. The molecule has 2 aromatic heterocycles. The maximum absolute atomic E-state index is 13.7. The number of rotatable bonds is 8. The van der Waals surface area contributed by atoms with Gasteiger partial charge in [0.25, 0.3) is 0 Å². The van der Waals surface area contributed by atoms with Crippen LogP contribution in [0.1, 0.15) is 11.3 Å². The number of anilines is 1. The number of carbonyl (C=O) groups excluding carboxylic acids is 2. The molecule has 9 nitrogen and oxygen atoms in total. The highest BCUT2D eigenvalue weighted by atomic mass is 35.5. The number of halogens is 3. The molecule has 0 saturated heterocycles. The summed E-state index contributed by atoms with van der Waals surface area (Å²) < 4.78 is 32.6. The molecule has 0 unspecified atom stereocenters. The largest absolute Gasteiger partial charge is 0.447 e. The molecule has 1 atom stereocenters. The van der Waals surface area contributed by atoms with Gasteiger partial charge in [-0.05, 0) is 41.3 Å². The number of urea groups is 1. The molecule has 4 aromatic rings. The van der Waals surface area contributed by atoms with Crippen LogP contribution in [0.25, 0.3) is 10.8 Å². The number of pyridine rings is 1. The summed E-state index contributed by atoms with van der Waals surface area (Å²) in [4.78, 5) is 37.7. The van der Waals surface area contributed by atoms with E-state index in [1.165, 1.54) is 47.8 Å². The minimum absolute atomic E-state index is 0.00607. The Bertz CT molecular complexity index is 1400. The Morgan fingerprint density at radius 3 is 2.78 bits per heavy atom. The van der Waals surface area contributed by atoms with E-state index in [2.05, 4.69) is 25.6 Å². The molecule has 0 saturated carbocycles. The van der Waals surface area contributed by atoms with Gasteiger partial charge >= 0.3 is 12.1 Å². The number of H-pyrrole nitrogens is 1. The van der Waals surface area contributed by atoms with E-state index in [4.69, 9.17) is 16.3 Å². The second-order valence-electron chi connectivity index (χ2n) is 8.20. The highest BCUT2D eigenvalue weighted by molar-refractivity contribution is 6.31. The molecule has 3 amide bonds. The van der Waals surface area contributed by atoms with Gasteiger partial charge in [0.2, 0.25) is 0 Å². The van der Waals surface area contributed by atoms with Gasteiger partial charge in [0.15, 0.2) is 0 Å². The minimum Gasteiger partial charge on any atom is -0.447 e. The van der Waals surface area contributed by atoms with Crippen LogP contribution in [0, 0.1) is 11.6 Å². The minimum atomic E-state index is -0.793. The van der Waals surface area contributed by atoms with Gasteiger partial charge in [-0.2, -0.15) is 0 Å². The number of likely N-dealkylation sites (N-methyl/N-ethyl adjacent to an activating group) is 1. The average molecular weight is 529 g/mol. The fourth-order valence-electron chi connectivity index (χ4n) is 3.60. The molecule has 0 fully saturated rings. The van der Waals surface area contributed by atoms with Gasteiger partial charge in [0.05, 0.1) is 17.4 Å². The van der Waals surface area contributed by atoms with Crippen LogP contribution in [-0.4, -0.2) is 51.7 Å². The zero-order valence-electron chi connectivity index (χ0n) is 19.7. The first kappa shape index (κ1) is 25.8. The highest BCUT2D eigenvalue weighted by Gasteiger charge is 2.23. The fourth-order valence-corrected chi connectivity index (χ4v) is 3.79. The van der Waals surface area contributed by atoms with Gasteiger partial charge in [-0.25, -0.2) is 28.3 Å². The Balaban J connectivity index is 1.38. The van der Waals surface area contributed by atoms with Crippen molar-refractivity contribution in [3.8, 4) is 0 Å². The number of ether oxygens (including phenoxy) is 1. The molecule has 0 aliphatic heterocycles. The predicted molar refractivity (Wildman–Crippen MR) is 134 cm³/mol. The van der Waals surface area contributed by atoms with E-state index in [1.54, 1.807) is 25.4 Å². The van der Waals surface area contributed by atoms with Crippen molar-refractivity contribution in [2.24, 2.45) is 0 Å². The van der Waals surface area contributed by atoms with Gasteiger partial charge in [-0.3, -0.25) is 5.32 Å². The fraction of sp³-hybridized carbons (Fsp3) is 0.200. The second-order valence-corrected chi connectivity index (χ2v) is 8.58. The number of hydrogen-bond donors (Lipinski definition) is 3. The first-order chi connectivity index (χ1) is 17.8. The summed E-state index contributed by atoms with van der Waals surface area (Å²) in [6.07, 6.45) is 4.13. The lowest BCUT2D eigenvalue weighted by atomic mass is 10.1. The normalized spacial score (nSPS) is 11.7. The smallest absolute Gasteiger partial charge is 0.412 e. The van der Waals surface area contributed by atoms with Crippen LogP contribution < -0.4 is 10.6 Å². The van der Waals surface area contributed by atoms with Gasteiger partial charge < -0.3 is 19.9 Å². The van der Waals surface area contributed by atoms with E-state index in [1.807, 2.05) is 0 Å². The molecule has 0 spiro atoms. The van der Waals surface area contributed by atoms with Crippen molar-refractivity contribution >= 4 is 40.3 Å². The van der Waals surface area contributed by atoms with Crippen LogP contribution in [-0.2, 0) is 17.7 Å². The van der Waals surface area contributed by atoms with Crippen LogP contribution >= 0.6 is 11.6 Å². The molecule has 0 aliphatic rings. The average Bonchev–Trinajstić information content (AvgIpc) is 3.40. The van der Waals surface area contributed by atoms with Gasteiger partial charge in [0, 0.05) is 43.5 Å². The van der Waals surface area contributed by atoms with Crippen molar-refractivity contribution < 1.29 is 23.1 Å². The van der Waals surface area contributed by atoms with Crippen LogP contribution in [0.3, 0.4) is 0 Å². The van der Waals surface area contributed by atoms with Crippen LogP contribution in [0.15, 0.2) is 61.2 Å². The SMILES string of the molecule is CN(C(=O)NCc1cccc(F)c1Cl)[C@H](COC(=O)Nc1cc2cc(F)ccc2cn1)Cc1cnc[nH]1. The number of imidazole rings is 1. The molecule has 0 aliphatic carbocycles. The summed E-state index contributed by atoms with van der Waals surface area (Å²) in [6.45, 7) is -0.149. The standard InChI is InChI=1S/C25H23ClF2N6O3/c1-34(24(35)31-11-16-3-2-4-21(28)23(16)26)20(9-19-12-29-14-32-19)13-37-25(36)33-22-8-17-7-18(27)6-5-15(17)10-30-22/h2-8,10,12,14,20H,9,11,13H2,1H3,(H,29,32)(H,31,35)(H,30,33,36)/t20-/m0/s1. The third-order valence-corrected chi connectivity index (χ3v) is 6.08. The van der Waals surface area contributed by atoms with Crippen LogP contribution in [0.4, 0.5) is 24.2 Å². The van der Waals surface area contributed by atoms with Crippen LogP contribution in [0.5, 0.6) is 0 Å². The van der Waals surface area contributed by atoms with Crippen molar-refractivity contribution in [3.63, 3.8) is 0 Å². The Kier molecular flexibility index (Phi) is 8.14. The molecule has 2 aromatic carbocycles. The van der Waals surface area contributed by atoms with Crippen LogP contribution in [0.2, 0.25) is 5.02 Å². The first-order valence-electron chi connectivity index (χ1n) is 11.2. The Labute approximate surface area is 215 Å². The molecule has 2 heterocycles. The summed E-state index contributed by atoms with van der Waals surface area (Å²) in [5.74, 6) is -0.800. The van der Waals surface area contributed by atoms with Gasteiger partial charge in [-0.15, -0.1) is 0 Å². The summed E-state index contributed by atoms with van der Waals surface area (Å²) in [5.41, 5.74) is 1.15. The lowest BCUT2D eigenvalue weighted by molar-refractivity contribution is 0.116. The van der Waals surface area contributed by atoms with E-state index >= 15 is 0 Å². The van der Waals surface area contributed by atoms with E-state index in [0.29, 0.717) is 22.8 Å². The van der Waals surface area contributed by atoms with E-state index < -0.39 is 29.8 Å². The van der Waals surface area contributed by atoms with Gasteiger partial charge in [0.1, 0.15) is 24.1 Å². The monoisotopic (exact) mass is 528 g/mol. The third kappa shape index (κ3) is 6.70. The zero-order chi connectivity index (χ0) is 26.4. The number of aromatic amines is 1. The Morgan fingerprint density at radius 2 is 2.00 bits per heavy atom. The molecule has 12 heteroatoms. The lowest BCUT2D eigenvalue weighted by Gasteiger charge is -2.28. The maximum atomic E-state index is 13.7. The zero-order valence-corrected chi connectivity index (χ0v) is 20.4. The number of benzene rings is 2. The molecule has 192 valence electrons. The van der Waals surface area contributed by atoms with Crippen molar-refractivity contribution in [1.29, 1.82) is 0 Å². The highest BCUT2D eigenvalue weighted by Crippen LogP contribution is 2.20. The van der Waals surface area contributed by atoms with Crippen molar-refractivity contribution in [3.05, 3.63) is 89.1 Å². The van der Waals surface area contributed by atoms with E-state index in [-0.39, 0.29) is 24.0 Å². The second kappa shape index (κ2) is 11.7. The van der Waals surface area contributed by atoms with E-state index in [9.17, 15) is 18.4 Å². The molecule has 0 radical (unpaired) electrons. The van der Waals surface area contributed by atoms with Gasteiger partial charge in [-0.1, -0.05) is 23.7 Å². The first-order valence-corrected chi connectivity index (χ1v) is 11.6. The summed E-state index contributed by atoms with van der Waals surface area (Å²) in [5, 5.41) is 6.42. The quantitative estimate of drug-likeness (QED) is 0.301. The Morgan fingerprint density at radius 1 is 1.16 bits per heavy atom.